The standard InChI is InChI=1S/C18H40N/c1-5-9-10-11-12-13-14-15-18-19(8-4,16-6-2)17-7-3/h5-18H2,1-4H3/q+1. The zero-order chi connectivity index (χ0) is 14.4. The Morgan fingerprint density at radius 3 is 1.37 bits per heavy atom. The lowest BCUT2D eigenvalue weighted by molar-refractivity contribution is -0.926. The van der Waals surface area contributed by atoms with Crippen LogP contribution < -0.4 is 0 Å². The van der Waals surface area contributed by atoms with E-state index in [4.69, 9.17) is 0 Å². The van der Waals surface area contributed by atoms with Crippen LogP contribution in [0.1, 0.15) is 91.9 Å². The fourth-order valence-electron chi connectivity index (χ4n) is 3.34. The molecule has 0 aromatic heterocycles. The van der Waals surface area contributed by atoms with Gasteiger partial charge in [-0.1, -0.05) is 59.3 Å². The van der Waals surface area contributed by atoms with Crippen LogP contribution in [0, 0.1) is 0 Å². The van der Waals surface area contributed by atoms with Crippen molar-refractivity contribution in [3.8, 4) is 0 Å². The maximum Gasteiger partial charge on any atom is 0.0786 e. The molecule has 0 spiro atoms. The highest BCUT2D eigenvalue weighted by molar-refractivity contribution is 4.48. The molecule has 116 valence electrons. The molecule has 1 nitrogen and oxygen atoms in total. The molecule has 19 heavy (non-hydrogen) atoms. The maximum atomic E-state index is 2.38. The Bertz CT molecular complexity index is 171. The lowest BCUT2D eigenvalue weighted by Gasteiger charge is -2.37. The summed E-state index contributed by atoms with van der Waals surface area (Å²) in [6.45, 7) is 14.9. The van der Waals surface area contributed by atoms with Crippen LogP contribution in [0.25, 0.3) is 0 Å². The Morgan fingerprint density at radius 2 is 0.947 bits per heavy atom. The summed E-state index contributed by atoms with van der Waals surface area (Å²) < 4.78 is 1.38. The van der Waals surface area contributed by atoms with Crippen molar-refractivity contribution in [1.29, 1.82) is 0 Å². The van der Waals surface area contributed by atoms with E-state index < -0.39 is 0 Å². The molecule has 0 unspecified atom stereocenters. The maximum absolute atomic E-state index is 2.38. The average molecular weight is 271 g/mol. The predicted octanol–water partition coefficient (Wildman–Crippen LogP) is 5.78. The first kappa shape index (κ1) is 19.0. The van der Waals surface area contributed by atoms with Crippen molar-refractivity contribution in [3.63, 3.8) is 0 Å². The second-order valence-electron chi connectivity index (χ2n) is 6.30. The van der Waals surface area contributed by atoms with Crippen LogP contribution in [-0.2, 0) is 0 Å². The molecule has 0 aliphatic heterocycles. The molecule has 0 aromatic rings. The third-order valence-electron chi connectivity index (χ3n) is 4.55. The number of quaternary nitrogens is 1. The molecule has 0 N–H and O–H groups in total. The molecular formula is C18H40N+. The van der Waals surface area contributed by atoms with Gasteiger partial charge in [0.25, 0.3) is 0 Å². The van der Waals surface area contributed by atoms with Crippen LogP contribution >= 0.6 is 0 Å². The lowest BCUT2D eigenvalue weighted by Crippen LogP contribution is -2.49. The summed E-state index contributed by atoms with van der Waals surface area (Å²) in [5.41, 5.74) is 0. The Morgan fingerprint density at radius 1 is 0.474 bits per heavy atom. The van der Waals surface area contributed by atoms with E-state index in [0.717, 1.165) is 0 Å². The minimum absolute atomic E-state index is 1.33. The Labute approximate surface area is 123 Å². The molecule has 0 saturated carbocycles. The highest BCUT2D eigenvalue weighted by Gasteiger charge is 2.22. The van der Waals surface area contributed by atoms with Gasteiger partial charge >= 0.3 is 0 Å². The summed E-state index contributed by atoms with van der Waals surface area (Å²) in [6, 6.07) is 0. The quantitative estimate of drug-likeness (QED) is 0.277. The monoisotopic (exact) mass is 270 g/mol. The van der Waals surface area contributed by atoms with E-state index in [1.807, 2.05) is 0 Å². The number of nitrogens with zero attached hydrogens (tertiary/aromatic N) is 1. The minimum Gasteiger partial charge on any atom is -0.324 e. The predicted molar refractivity (Wildman–Crippen MR) is 88.6 cm³/mol. The highest BCUT2D eigenvalue weighted by Crippen LogP contribution is 2.14. The van der Waals surface area contributed by atoms with Crippen molar-refractivity contribution in [2.24, 2.45) is 0 Å². The van der Waals surface area contributed by atoms with Gasteiger partial charge in [-0.15, -0.1) is 0 Å². The van der Waals surface area contributed by atoms with Gasteiger partial charge in [-0.25, -0.2) is 0 Å². The lowest BCUT2D eigenvalue weighted by atomic mass is 10.1. The molecule has 0 rings (SSSR count). The van der Waals surface area contributed by atoms with E-state index in [1.165, 1.54) is 94.9 Å². The average Bonchev–Trinajstić information content (AvgIpc) is 2.42. The first-order valence-corrected chi connectivity index (χ1v) is 9.09. The zero-order valence-corrected chi connectivity index (χ0v) is 14.3. The van der Waals surface area contributed by atoms with E-state index in [1.54, 1.807) is 0 Å². The van der Waals surface area contributed by atoms with Crippen molar-refractivity contribution in [2.75, 3.05) is 26.2 Å². The first-order chi connectivity index (χ1) is 9.24. The topological polar surface area (TPSA) is 0 Å². The molecule has 0 saturated heterocycles. The number of hydrogen-bond donors (Lipinski definition) is 0. The van der Waals surface area contributed by atoms with Gasteiger partial charge in [0.15, 0.2) is 0 Å². The SMILES string of the molecule is CCCCCCCCCC[N+](CC)(CCC)CCC. The molecule has 0 aliphatic carbocycles. The Hall–Kier alpha value is -0.0400. The molecule has 0 amide bonds. The van der Waals surface area contributed by atoms with Gasteiger partial charge in [0, 0.05) is 0 Å². The van der Waals surface area contributed by atoms with Crippen molar-refractivity contribution in [3.05, 3.63) is 0 Å². The second kappa shape index (κ2) is 13.0. The molecule has 0 aliphatic rings. The Kier molecular flexibility index (Phi) is 12.9. The van der Waals surface area contributed by atoms with E-state index >= 15 is 0 Å². The normalized spacial score (nSPS) is 12.0. The molecule has 0 fully saturated rings. The molecule has 0 aromatic carbocycles. The largest absolute Gasteiger partial charge is 0.324 e. The van der Waals surface area contributed by atoms with Gasteiger partial charge < -0.3 is 4.48 Å². The first-order valence-electron chi connectivity index (χ1n) is 9.09. The number of rotatable bonds is 14. The summed E-state index contributed by atoms with van der Waals surface area (Å²) in [5, 5.41) is 0. The van der Waals surface area contributed by atoms with Crippen LogP contribution in [0.2, 0.25) is 0 Å². The fourth-order valence-corrected chi connectivity index (χ4v) is 3.34. The zero-order valence-electron chi connectivity index (χ0n) is 14.3. The van der Waals surface area contributed by atoms with Gasteiger partial charge in [-0.2, -0.15) is 0 Å². The van der Waals surface area contributed by atoms with Crippen LogP contribution in [0.4, 0.5) is 0 Å². The molecule has 0 bridgehead atoms. The molecule has 0 radical (unpaired) electrons. The Balaban J connectivity index is 3.68. The van der Waals surface area contributed by atoms with Crippen molar-refractivity contribution in [2.45, 2.75) is 91.9 Å². The third kappa shape index (κ3) is 9.49. The van der Waals surface area contributed by atoms with Crippen LogP contribution in [0.15, 0.2) is 0 Å². The second-order valence-corrected chi connectivity index (χ2v) is 6.30. The van der Waals surface area contributed by atoms with Crippen molar-refractivity contribution >= 4 is 0 Å². The van der Waals surface area contributed by atoms with Gasteiger partial charge in [0.1, 0.15) is 0 Å². The van der Waals surface area contributed by atoms with Crippen LogP contribution in [0.3, 0.4) is 0 Å². The summed E-state index contributed by atoms with van der Waals surface area (Å²) >= 11 is 0. The summed E-state index contributed by atoms with van der Waals surface area (Å²) in [4.78, 5) is 0. The van der Waals surface area contributed by atoms with E-state index in [9.17, 15) is 0 Å². The van der Waals surface area contributed by atoms with E-state index in [2.05, 4.69) is 27.7 Å². The van der Waals surface area contributed by atoms with Gasteiger partial charge in [0.05, 0.1) is 26.2 Å². The number of unbranched alkanes of at least 4 members (excludes halogenated alkanes) is 7. The van der Waals surface area contributed by atoms with Gasteiger partial charge in [0.2, 0.25) is 0 Å². The molecule has 1 heteroatoms. The fraction of sp³-hybridized carbons (Fsp3) is 1.00. The minimum atomic E-state index is 1.33. The summed E-state index contributed by atoms with van der Waals surface area (Å²) in [5.74, 6) is 0. The molecule has 0 atom stereocenters. The highest BCUT2D eigenvalue weighted by atomic mass is 15.3. The molecule has 0 heterocycles. The van der Waals surface area contributed by atoms with Gasteiger partial charge in [-0.05, 0) is 32.6 Å². The van der Waals surface area contributed by atoms with Crippen LogP contribution in [-0.4, -0.2) is 30.7 Å². The van der Waals surface area contributed by atoms with E-state index in [0.29, 0.717) is 0 Å². The summed E-state index contributed by atoms with van der Waals surface area (Å²) in [6.07, 6.45) is 14.2. The molecular weight excluding hydrogens is 230 g/mol. The van der Waals surface area contributed by atoms with E-state index in [-0.39, 0.29) is 0 Å². The van der Waals surface area contributed by atoms with Gasteiger partial charge in [-0.3, -0.25) is 0 Å². The third-order valence-corrected chi connectivity index (χ3v) is 4.55. The van der Waals surface area contributed by atoms with Crippen molar-refractivity contribution < 1.29 is 4.48 Å². The summed E-state index contributed by atoms with van der Waals surface area (Å²) in [7, 11) is 0. The van der Waals surface area contributed by atoms with Crippen LogP contribution in [0.5, 0.6) is 0 Å². The van der Waals surface area contributed by atoms with Crippen molar-refractivity contribution in [1.82, 2.24) is 0 Å². The smallest absolute Gasteiger partial charge is 0.0786 e. The number of hydrogen-bond acceptors (Lipinski definition) is 0.